The molecule has 24 heavy (non-hydrogen) atoms. The Morgan fingerprint density at radius 3 is 2.67 bits per heavy atom. The standard InChI is InChI=1S/C17H18N4O3/c1-10-14-12(20-21-17(18)23)8-5-9-13(14)24-15(10)16(22)19-11-6-3-2-4-7-11/h2-4,6-7H,5,8-9H2,1H3,(H,19,22)(H3,18,21,23)/b20-12+. The Labute approximate surface area is 138 Å². The Morgan fingerprint density at radius 2 is 1.96 bits per heavy atom. The van der Waals surface area contributed by atoms with Gasteiger partial charge in [-0.2, -0.15) is 5.10 Å². The molecule has 3 rings (SSSR count). The van der Waals surface area contributed by atoms with Crippen molar-refractivity contribution >= 4 is 23.3 Å². The van der Waals surface area contributed by atoms with Crippen molar-refractivity contribution in [1.29, 1.82) is 0 Å². The van der Waals surface area contributed by atoms with Crippen LogP contribution in [-0.4, -0.2) is 17.6 Å². The first-order chi connectivity index (χ1) is 11.6. The van der Waals surface area contributed by atoms with Crippen LogP contribution in [0.25, 0.3) is 0 Å². The van der Waals surface area contributed by atoms with Crippen molar-refractivity contribution in [2.75, 3.05) is 5.32 Å². The van der Waals surface area contributed by atoms with Gasteiger partial charge < -0.3 is 15.5 Å². The number of carbonyl (C=O) groups is 2. The molecule has 4 N–H and O–H groups in total. The summed E-state index contributed by atoms with van der Waals surface area (Å²) in [6, 6.07) is 8.45. The van der Waals surface area contributed by atoms with Gasteiger partial charge in [0, 0.05) is 23.2 Å². The summed E-state index contributed by atoms with van der Waals surface area (Å²) < 4.78 is 5.77. The van der Waals surface area contributed by atoms with Crippen molar-refractivity contribution in [3.05, 3.63) is 53.0 Å². The first kappa shape index (κ1) is 15.8. The van der Waals surface area contributed by atoms with E-state index in [1.165, 1.54) is 0 Å². The van der Waals surface area contributed by atoms with Crippen LogP contribution in [0, 0.1) is 6.92 Å². The van der Waals surface area contributed by atoms with Crippen LogP contribution in [0.15, 0.2) is 39.9 Å². The zero-order chi connectivity index (χ0) is 17.1. The lowest BCUT2D eigenvalue weighted by Gasteiger charge is -2.13. The highest BCUT2D eigenvalue weighted by molar-refractivity contribution is 6.09. The smallest absolute Gasteiger partial charge is 0.332 e. The number of nitrogens with one attached hydrogen (secondary N) is 2. The molecule has 1 aliphatic carbocycles. The molecule has 7 nitrogen and oxygen atoms in total. The van der Waals surface area contributed by atoms with Crippen molar-refractivity contribution in [2.45, 2.75) is 26.2 Å². The molecule has 1 heterocycles. The normalized spacial score (nSPS) is 15.0. The van der Waals surface area contributed by atoms with E-state index in [0.29, 0.717) is 29.1 Å². The Hall–Kier alpha value is -3.09. The predicted molar refractivity (Wildman–Crippen MR) is 90.0 cm³/mol. The zero-order valence-electron chi connectivity index (χ0n) is 13.3. The maximum absolute atomic E-state index is 12.5. The Morgan fingerprint density at radius 1 is 1.21 bits per heavy atom. The molecule has 1 aliphatic rings. The van der Waals surface area contributed by atoms with Crippen LogP contribution in [0.3, 0.4) is 0 Å². The molecule has 0 fully saturated rings. The molecule has 0 saturated carbocycles. The van der Waals surface area contributed by atoms with Gasteiger partial charge in [0.25, 0.3) is 5.91 Å². The number of hydrazone groups is 1. The highest BCUT2D eigenvalue weighted by atomic mass is 16.4. The summed E-state index contributed by atoms with van der Waals surface area (Å²) in [5.74, 6) is 0.662. The summed E-state index contributed by atoms with van der Waals surface area (Å²) in [5, 5.41) is 6.85. The minimum Gasteiger partial charge on any atom is -0.455 e. The van der Waals surface area contributed by atoms with E-state index >= 15 is 0 Å². The number of anilines is 1. The number of nitrogens with two attached hydrogens (primary N) is 1. The van der Waals surface area contributed by atoms with E-state index in [9.17, 15) is 9.59 Å². The molecular formula is C17H18N4O3. The van der Waals surface area contributed by atoms with Gasteiger partial charge in [-0.05, 0) is 31.9 Å². The van der Waals surface area contributed by atoms with Crippen LogP contribution >= 0.6 is 0 Å². The number of nitrogens with zero attached hydrogens (tertiary/aromatic N) is 1. The SMILES string of the molecule is Cc1c(C(=O)Nc2ccccc2)oc2c1/C(=N/NC(N)=O)CCC2. The Balaban J connectivity index is 1.90. The van der Waals surface area contributed by atoms with Crippen molar-refractivity contribution in [3.63, 3.8) is 0 Å². The van der Waals surface area contributed by atoms with E-state index in [-0.39, 0.29) is 11.7 Å². The molecule has 3 amide bonds. The zero-order valence-corrected chi connectivity index (χ0v) is 13.3. The fourth-order valence-electron chi connectivity index (χ4n) is 2.83. The number of para-hydroxylation sites is 1. The Kier molecular flexibility index (Phi) is 4.33. The Bertz CT molecular complexity index is 809. The van der Waals surface area contributed by atoms with Gasteiger partial charge in [0.1, 0.15) is 5.76 Å². The van der Waals surface area contributed by atoms with Crippen LogP contribution in [0.1, 0.15) is 40.3 Å². The van der Waals surface area contributed by atoms with Gasteiger partial charge in [0.2, 0.25) is 0 Å². The number of fused-ring (bicyclic) bond motifs is 1. The summed E-state index contributed by atoms with van der Waals surface area (Å²) in [4.78, 5) is 23.4. The fraction of sp³-hybridized carbons (Fsp3) is 0.235. The van der Waals surface area contributed by atoms with Crippen molar-refractivity contribution in [2.24, 2.45) is 10.8 Å². The average molecular weight is 326 g/mol. The molecular weight excluding hydrogens is 308 g/mol. The minimum absolute atomic E-state index is 0.262. The lowest BCUT2D eigenvalue weighted by molar-refractivity contribution is 0.0994. The molecule has 1 aromatic carbocycles. The molecule has 2 aromatic rings. The van der Waals surface area contributed by atoms with Gasteiger partial charge >= 0.3 is 6.03 Å². The quantitative estimate of drug-likeness (QED) is 0.754. The molecule has 0 radical (unpaired) electrons. The highest BCUT2D eigenvalue weighted by Crippen LogP contribution is 2.30. The third-order valence-corrected chi connectivity index (χ3v) is 3.86. The van der Waals surface area contributed by atoms with Crippen LogP contribution in [-0.2, 0) is 6.42 Å². The van der Waals surface area contributed by atoms with Gasteiger partial charge in [-0.3, -0.25) is 4.79 Å². The van der Waals surface area contributed by atoms with Gasteiger partial charge in [-0.25, -0.2) is 10.2 Å². The van der Waals surface area contributed by atoms with E-state index in [4.69, 9.17) is 10.2 Å². The number of primary amides is 1. The van der Waals surface area contributed by atoms with Crippen LogP contribution in [0.2, 0.25) is 0 Å². The maximum Gasteiger partial charge on any atom is 0.332 e. The van der Waals surface area contributed by atoms with Gasteiger partial charge in [0.05, 0.1) is 5.71 Å². The lowest BCUT2D eigenvalue weighted by atomic mass is 9.93. The number of hydrogen-bond donors (Lipinski definition) is 3. The average Bonchev–Trinajstić information content (AvgIpc) is 2.91. The molecule has 0 bridgehead atoms. The second kappa shape index (κ2) is 6.57. The number of rotatable bonds is 3. The lowest BCUT2D eigenvalue weighted by Crippen LogP contribution is -2.27. The second-order valence-corrected chi connectivity index (χ2v) is 5.56. The molecule has 0 unspecified atom stereocenters. The molecule has 124 valence electrons. The number of benzene rings is 1. The topological polar surface area (TPSA) is 110 Å². The highest BCUT2D eigenvalue weighted by Gasteiger charge is 2.28. The molecule has 1 aromatic heterocycles. The fourth-order valence-corrected chi connectivity index (χ4v) is 2.83. The maximum atomic E-state index is 12.5. The third kappa shape index (κ3) is 3.15. The summed E-state index contributed by atoms with van der Waals surface area (Å²) in [5.41, 5.74) is 10.2. The van der Waals surface area contributed by atoms with Crippen molar-refractivity contribution in [3.8, 4) is 0 Å². The first-order valence-electron chi connectivity index (χ1n) is 7.67. The molecule has 0 saturated heterocycles. The van der Waals surface area contributed by atoms with Gasteiger partial charge in [0.15, 0.2) is 5.76 Å². The predicted octanol–water partition coefficient (Wildman–Crippen LogP) is 2.55. The van der Waals surface area contributed by atoms with Crippen molar-refractivity contribution < 1.29 is 14.0 Å². The number of aryl methyl sites for hydroxylation is 1. The third-order valence-electron chi connectivity index (χ3n) is 3.86. The molecule has 7 heteroatoms. The largest absolute Gasteiger partial charge is 0.455 e. The first-order valence-corrected chi connectivity index (χ1v) is 7.67. The van der Waals surface area contributed by atoms with E-state index < -0.39 is 6.03 Å². The van der Waals surface area contributed by atoms with E-state index in [0.717, 1.165) is 18.4 Å². The van der Waals surface area contributed by atoms with Gasteiger partial charge in [-0.1, -0.05) is 18.2 Å². The number of urea groups is 1. The molecule has 0 atom stereocenters. The van der Waals surface area contributed by atoms with E-state index in [1.807, 2.05) is 25.1 Å². The van der Waals surface area contributed by atoms with E-state index in [2.05, 4.69) is 15.8 Å². The number of furan rings is 1. The summed E-state index contributed by atoms with van der Waals surface area (Å²) >= 11 is 0. The molecule has 0 spiro atoms. The minimum atomic E-state index is -0.724. The summed E-state index contributed by atoms with van der Waals surface area (Å²) in [6.45, 7) is 1.81. The van der Waals surface area contributed by atoms with E-state index in [1.54, 1.807) is 12.1 Å². The number of hydrogen-bond acceptors (Lipinski definition) is 4. The number of amides is 3. The van der Waals surface area contributed by atoms with Crippen molar-refractivity contribution in [1.82, 2.24) is 5.43 Å². The molecule has 0 aliphatic heterocycles. The van der Waals surface area contributed by atoms with Gasteiger partial charge in [-0.15, -0.1) is 0 Å². The summed E-state index contributed by atoms with van der Waals surface area (Å²) in [7, 11) is 0. The van der Waals surface area contributed by atoms with Crippen LogP contribution < -0.4 is 16.5 Å². The summed E-state index contributed by atoms with van der Waals surface area (Å²) in [6.07, 6.45) is 2.25. The monoisotopic (exact) mass is 326 g/mol. The second-order valence-electron chi connectivity index (χ2n) is 5.56. The number of carbonyl (C=O) groups excluding carboxylic acids is 2. The van der Waals surface area contributed by atoms with Crippen LogP contribution in [0.5, 0.6) is 0 Å². The van der Waals surface area contributed by atoms with Crippen LogP contribution in [0.4, 0.5) is 10.5 Å².